The second-order valence-corrected chi connectivity index (χ2v) is 14.2. The van der Waals surface area contributed by atoms with Crippen molar-refractivity contribution < 1.29 is 26.4 Å². The lowest BCUT2D eigenvalue weighted by molar-refractivity contribution is -0.124. The van der Waals surface area contributed by atoms with Gasteiger partial charge in [-0.05, 0) is 75.5 Å². The van der Waals surface area contributed by atoms with E-state index in [4.69, 9.17) is 0 Å². The Morgan fingerprint density at radius 2 is 1.71 bits per heavy atom. The van der Waals surface area contributed by atoms with Crippen molar-refractivity contribution in [1.29, 1.82) is 0 Å². The Morgan fingerprint density at radius 3 is 2.36 bits per heavy atom. The molecule has 1 N–H and O–H groups in total. The van der Waals surface area contributed by atoms with Gasteiger partial charge in [0.15, 0.2) is 11.6 Å². The van der Waals surface area contributed by atoms with E-state index in [1.54, 1.807) is 18.5 Å². The number of aryl methyl sites for hydroxylation is 3. The van der Waals surface area contributed by atoms with Crippen molar-refractivity contribution >= 4 is 15.9 Å². The largest absolute Gasteiger partial charge is 0.354 e. The van der Waals surface area contributed by atoms with Crippen LogP contribution in [0.3, 0.4) is 0 Å². The minimum Gasteiger partial charge on any atom is -0.354 e. The lowest BCUT2D eigenvalue weighted by Crippen LogP contribution is -2.48. The summed E-state index contributed by atoms with van der Waals surface area (Å²) in [5.41, 5.74) is 1.95. The van der Waals surface area contributed by atoms with Crippen LogP contribution in [0.15, 0.2) is 35.4 Å². The first-order valence-corrected chi connectivity index (χ1v) is 15.7. The van der Waals surface area contributed by atoms with Crippen molar-refractivity contribution in [2.45, 2.75) is 76.8 Å². The summed E-state index contributed by atoms with van der Waals surface area (Å²) in [6.07, 6.45) is 6.52. The molecule has 2 saturated carbocycles. The number of sulfonamides is 1. The number of hydrogen-bond acceptors (Lipinski definition) is 5. The number of aromatic nitrogens is 3. The number of nitrogens with zero attached hydrogens (tertiary/aromatic N) is 4. The molecule has 0 radical (unpaired) electrons. The molecular formula is C30H34F3N5O3S. The van der Waals surface area contributed by atoms with Crippen LogP contribution in [0, 0.1) is 49.1 Å². The molecule has 2 aliphatic carbocycles. The van der Waals surface area contributed by atoms with Crippen LogP contribution in [0.4, 0.5) is 13.2 Å². The van der Waals surface area contributed by atoms with Gasteiger partial charge in [-0.2, -0.15) is 4.31 Å². The number of carbonyl (C=O) groups is 1. The molecule has 2 atom stereocenters. The highest BCUT2D eigenvalue weighted by Crippen LogP contribution is 2.74. The van der Waals surface area contributed by atoms with Gasteiger partial charge in [0.05, 0.1) is 17.6 Å². The predicted molar refractivity (Wildman–Crippen MR) is 149 cm³/mol. The van der Waals surface area contributed by atoms with Crippen LogP contribution in [0.2, 0.25) is 0 Å². The van der Waals surface area contributed by atoms with Gasteiger partial charge in [0, 0.05) is 30.1 Å². The molecule has 1 spiro atoms. The van der Waals surface area contributed by atoms with E-state index >= 15 is 0 Å². The third-order valence-corrected chi connectivity index (χ3v) is 11.8. The van der Waals surface area contributed by atoms with Gasteiger partial charge in [-0.25, -0.2) is 21.6 Å². The minimum atomic E-state index is -3.88. The first kappa shape index (κ1) is 28.9. The van der Waals surface area contributed by atoms with E-state index in [1.807, 2.05) is 19.1 Å². The Hall–Kier alpha value is -3.25. The first-order chi connectivity index (χ1) is 19.9. The van der Waals surface area contributed by atoms with Crippen LogP contribution < -0.4 is 5.32 Å². The van der Waals surface area contributed by atoms with Gasteiger partial charge in [-0.1, -0.05) is 29.3 Å². The van der Waals surface area contributed by atoms with Gasteiger partial charge in [0.1, 0.15) is 17.6 Å². The number of amides is 1. The topological polar surface area (TPSA) is 97.2 Å². The third kappa shape index (κ3) is 4.72. The zero-order valence-electron chi connectivity index (χ0n) is 23.9. The summed E-state index contributed by atoms with van der Waals surface area (Å²) in [5.74, 6) is -3.70. The number of hydrogen-bond donors (Lipinski definition) is 1. The zero-order chi connectivity index (χ0) is 30.0. The van der Waals surface area contributed by atoms with E-state index in [-0.39, 0.29) is 39.4 Å². The molecule has 1 aromatic heterocycles. The van der Waals surface area contributed by atoms with Crippen LogP contribution in [-0.4, -0.2) is 52.8 Å². The van der Waals surface area contributed by atoms with Gasteiger partial charge in [-0.3, -0.25) is 9.48 Å². The number of carbonyl (C=O) groups excluding carboxylic acids is 1. The predicted octanol–water partition coefficient (Wildman–Crippen LogP) is 4.82. The molecule has 2 aromatic carbocycles. The van der Waals surface area contributed by atoms with Gasteiger partial charge >= 0.3 is 0 Å². The molecule has 42 heavy (non-hydrogen) atoms. The average molecular weight is 602 g/mol. The number of rotatable bonds is 8. The molecule has 2 unspecified atom stereocenters. The highest BCUT2D eigenvalue weighted by atomic mass is 32.2. The van der Waals surface area contributed by atoms with Crippen LogP contribution >= 0.6 is 0 Å². The maximum atomic E-state index is 14.3. The molecule has 6 rings (SSSR count). The van der Waals surface area contributed by atoms with Crippen LogP contribution in [0.1, 0.15) is 55.2 Å². The molecule has 0 bridgehead atoms. The fourth-order valence-electron chi connectivity index (χ4n) is 7.33. The van der Waals surface area contributed by atoms with Crippen molar-refractivity contribution in [3.05, 3.63) is 64.6 Å². The monoisotopic (exact) mass is 601 g/mol. The summed E-state index contributed by atoms with van der Waals surface area (Å²) in [4.78, 5) is 13.8. The maximum Gasteiger partial charge on any atom is 0.244 e. The van der Waals surface area contributed by atoms with Crippen molar-refractivity contribution in [3.8, 4) is 11.3 Å². The van der Waals surface area contributed by atoms with Crippen molar-refractivity contribution in [3.63, 3.8) is 0 Å². The fourth-order valence-corrected chi connectivity index (χ4v) is 9.40. The van der Waals surface area contributed by atoms with E-state index in [0.717, 1.165) is 37.3 Å². The van der Waals surface area contributed by atoms with E-state index in [0.29, 0.717) is 43.1 Å². The Balaban J connectivity index is 1.19. The summed E-state index contributed by atoms with van der Waals surface area (Å²) in [6, 6.07) is 4.14. The van der Waals surface area contributed by atoms with Gasteiger partial charge < -0.3 is 5.32 Å². The summed E-state index contributed by atoms with van der Waals surface area (Å²) < 4.78 is 71.9. The lowest BCUT2D eigenvalue weighted by atomic mass is 9.75. The molecule has 1 aliphatic heterocycles. The first-order valence-electron chi connectivity index (χ1n) is 14.3. The molecule has 1 saturated heterocycles. The highest BCUT2D eigenvalue weighted by molar-refractivity contribution is 7.89. The summed E-state index contributed by atoms with van der Waals surface area (Å²) in [7, 11) is -3.88. The molecule has 2 heterocycles. The molecule has 8 nitrogen and oxygen atoms in total. The molecule has 3 aliphatic rings. The Bertz CT molecular complexity index is 1660. The van der Waals surface area contributed by atoms with Crippen LogP contribution in [0.5, 0.6) is 0 Å². The minimum absolute atomic E-state index is 0.0528. The number of halogens is 3. The smallest absolute Gasteiger partial charge is 0.244 e. The summed E-state index contributed by atoms with van der Waals surface area (Å²) in [5, 5.41) is 11.2. The quantitative estimate of drug-likeness (QED) is 0.374. The normalized spacial score (nSPS) is 23.2. The maximum absolute atomic E-state index is 14.3. The third-order valence-electron chi connectivity index (χ3n) is 9.56. The SMILES string of the molecule is Cc1cc(C)c(S(=O)(=O)N2CCCC2C(=O)NCC2(Cn3cc(-c4cc(F)c(F)cc4F)nn3)CC23CCC3)c(C)c1. The van der Waals surface area contributed by atoms with Crippen LogP contribution in [-0.2, 0) is 21.4 Å². The van der Waals surface area contributed by atoms with Crippen molar-refractivity contribution in [1.82, 2.24) is 24.6 Å². The highest BCUT2D eigenvalue weighted by Gasteiger charge is 2.69. The summed E-state index contributed by atoms with van der Waals surface area (Å²) in [6.45, 7) is 6.51. The Labute approximate surface area is 243 Å². The lowest BCUT2D eigenvalue weighted by Gasteiger charge is -2.33. The number of benzene rings is 2. The van der Waals surface area contributed by atoms with E-state index in [1.165, 1.54) is 10.5 Å². The standard InChI is InChI=1S/C30H34F3N5O3S/c1-18-10-19(2)27(20(3)11-18)42(40,41)38-9-4-6-26(38)28(39)34-16-30(15-29(30)7-5-8-29)17-37-14-25(35-36-37)21-12-23(32)24(33)13-22(21)31/h10-14,26H,4-9,15-17H2,1-3H3,(H,34,39). The second-order valence-electron chi connectivity index (χ2n) is 12.4. The van der Waals surface area contributed by atoms with Crippen molar-refractivity contribution in [2.24, 2.45) is 10.8 Å². The molecule has 12 heteroatoms. The average Bonchev–Trinajstić information content (AvgIpc) is 3.20. The van der Waals surface area contributed by atoms with Crippen molar-refractivity contribution in [2.75, 3.05) is 13.1 Å². The van der Waals surface area contributed by atoms with E-state index in [2.05, 4.69) is 15.6 Å². The van der Waals surface area contributed by atoms with E-state index < -0.39 is 33.5 Å². The Kier molecular flexibility index (Phi) is 7.00. The number of nitrogens with one attached hydrogen (secondary N) is 1. The summed E-state index contributed by atoms with van der Waals surface area (Å²) >= 11 is 0. The molecule has 224 valence electrons. The zero-order valence-corrected chi connectivity index (χ0v) is 24.7. The molecular weight excluding hydrogens is 567 g/mol. The van der Waals surface area contributed by atoms with E-state index in [9.17, 15) is 26.4 Å². The fraction of sp³-hybridized carbons (Fsp3) is 0.500. The molecule has 3 fully saturated rings. The van der Waals surface area contributed by atoms with Gasteiger partial charge in [0.2, 0.25) is 15.9 Å². The molecule has 3 aromatic rings. The Morgan fingerprint density at radius 1 is 1.02 bits per heavy atom. The van der Waals surface area contributed by atoms with Gasteiger partial charge in [-0.15, -0.1) is 5.10 Å². The second kappa shape index (κ2) is 10.2. The van der Waals surface area contributed by atoms with Gasteiger partial charge in [0.25, 0.3) is 0 Å². The molecule has 1 amide bonds. The van der Waals surface area contributed by atoms with Crippen LogP contribution in [0.25, 0.3) is 11.3 Å².